The second kappa shape index (κ2) is 4.23. The Bertz CT molecular complexity index is 340. The van der Waals surface area contributed by atoms with Crippen molar-refractivity contribution >= 4 is 5.69 Å². The molecule has 0 saturated carbocycles. The van der Waals surface area contributed by atoms with Crippen molar-refractivity contribution in [2.45, 2.75) is 32.8 Å². The van der Waals surface area contributed by atoms with Crippen molar-refractivity contribution in [3.8, 4) is 0 Å². The smallest absolute Gasteiger partial charge is 0.0574 e. The average molecular weight is 205 g/mol. The van der Waals surface area contributed by atoms with Crippen molar-refractivity contribution in [2.75, 3.05) is 18.0 Å². The van der Waals surface area contributed by atoms with E-state index in [1.165, 1.54) is 16.8 Å². The average Bonchev–Trinajstić information content (AvgIpc) is 2.24. The second-order valence-corrected chi connectivity index (χ2v) is 4.44. The van der Waals surface area contributed by atoms with E-state index < -0.39 is 0 Å². The summed E-state index contributed by atoms with van der Waals surface area (Å²) >= 11 is 0. The van der Waals surface area contributed by atoms with E-state index in [4.69, 9.17) is 0 Å². The van der Waals surface area contributed by atoms with Gasteiger partial charge in [-0.25, -0.2) is 0 Å². The molecule has 1 aliphatic heterocycles. The van der Waals surface area contributed by atoms with Gasteiger partial charge < -0.3 is 10.0 Å². The fourth-order valence-electron chi connectivity index (χ4n) is 2.18. The maximum Gasteiger partial charge on any atom is 0.0574 e. The molecule has 0 bridgehead atoms. The zero-order valence-corrected chi connectivity index (χ0v) is 9.53. The molecule has 0 aliphatic carbocycles. The van der Waals surface area contributed by atoms with Gasteiger partial charge in [0, 0.05) is 18.8 Å². The standard InChI is InChI=1S/C13H19NO/c1-10-4-3-5-13(11(10)2)14-8-6-12(15)7-9-14/h3-5,12,15H,6-9H2,1-2H3. The van der Waals surface area contributed by atoms with E-state index in [2.05, 4.69) is 36.9 Å². The first-order valence-corrected chi connectivity index (χ1v) is 5.67. The molecule has 82 valence electrons. The molecule has 1 fully saturated rings. The number of rotatable bonds is 1. The molecule has 2 nitrogen and oxygen atoms in total. The predicted molar refractivity (Wildman–Crippen MR) is 63.4 cm³/mol. The molecule has 0 amide bonds. The Balaban J connectivity index is 2.19. The fraction of sp³-hybridized carbons (Fsp3) is 0.538. The molecule has 0 spiro atoms. The van der Waals surface area contributed by atoms with Crippen LogP contribution in [0.1, 0.15) is 24.0 Å². The topological polar surface area (TPSA) is 23.5 Å². The number of piperidine rings is 1. The second-order valence-electron chi connectivity index (χ2n) is 4.44. The molecule has 2 rings (SSSR count). The molecular formula is C13H19NO. The Kier molecular flexibility index (Phi) is 2.96. The summed E-state index contributed by atoms with van der Waals surface area (Å²) in [6.07, 6.45) is 1.70. The summed E-state index contributed by atoms with van der Waals surface area (Å²) in [7, 11) is 0. The SMILES string of the molecule is Cc1cccc(N2CCC(O)CC2)c1C. The van der Waals surface area contributed by atoms with Gasteiger partial charge in [-0.1, -0.05) is 12.1 Å². The van der Waals surface area contributed by atoms with E-state index in [1.807, 2.05) is 0 Å². The molecule has 1 saturated heterocycles. The highest BCUT2D eigenvalue weighted by Crippen LogP contribution is 2.25. The van der Waals surface area contributed by atoms with Gasteiger partial charge in [0.1, 0.15) is 0 Å². The Morgan fingerprint density at radius 2 is 1.87 bits per heavy atom. The molecule has 1 aliphatic rings. The molecule has 1 aromatic rings. The Morgan fingerprint density at radius 3 is 2.53 bits per heavy atom. The zero-order chi connectivity index (χ0) is 10.8. The molecule has 0 unspecified atom stereocenters. The lowest BCUT2D eigenvalue weighted by atomic mass is 10.0. The first-order chi connectivity index (χ1) is 7.18. The quantitative estimate of drug-likeness (QED) is 0.760. The van der Waals surface area contributed by atoms with Crippen LogP contribution in [0.25, 0.3) is 0 Å². The minimum atomic E-state index is -0.0913. The first kappa shape index (κ1) is 10.5. The summed E-state index contributed by atoms with van der Waals surface area (Å²) in [5.74, 6) is 0. The van der Waals surface area contributed by atoms with Gasteiger partial charge in [-0.15, -0.1) is 0 Å². The van der Waals surface area contributed by atoms with Crippen LogP contribution >= 0.6 is 0 Å². The minimum Gasteiger partial charge on any atom is -0.393 e. The lowest BCUT2D eigenvalue weighted by Gasteiger charge is -2.32. The van der Waals surface area contributed by atoms with Crippen molar-refractivity contribution in [2.24, 2.45) is 0 Å². The number of hydrogen-bond acceptors (Lipinski definition) is 2. The van der Waals surface area contributed by atoms with Crippen LogP contribution in [-0.4, -0.2) is 24.3 Å². The highest BCUT2D eigenvalue weighted by Gasteiger charge is 2.18. The van der Waals surface area contributed by atoms with E-state index in [0.29, 0.717) is 0 Å². The maximum atomic E-state index is 9.47. The predicted octanol–water partition coefficient (Wildman–Crippen LogP) is 2.26. The van der Waals surface area contributed by atoms with Gasteiger partial charge in [0.05, 0.1) is 6.10 Å². The molecule has 1 N–H and O–H groups in total. The van der Waals surface area contributed by atoms with Gasteiger partial charge in [-0.05, 0) is 43.9 Å². The van der Waals surface area contributed by atoms with Crippen molar-refractivity contribution in [3.63, 3.8) is 0 Å². The van der Waals surface area contributed by atoms with Crippen LogP contribution < -0.4 is 4.90 Å². The van der Waals surface area contributed by atoms with E-state index in [0.717, 1.165) is 25.9 Å². The summed E-state index contributed by atoms with van der Waals surface area (Å²) in [4.78, 5) is 2.38. The van der Waals surface area contributed by atoms with Crippen LogP contribution in [0.3, 0.4) is 0 Å². The normalized spacial score (nSPS) is 18.2. The van der Waals surface area contributed by atoms with Gasteiger partial charge in [0.25, 0.3) is 0 Å². The highest BCUT2D eigenvalue weighted by atomic mass is 16.3. The first-order valence-electron chi connectivity index (χ1n) is 5.67. The lowest BCUT2D eigenvalue weighted by molar-refractivity contribution is 0.145. The molecular weight excluding hydrogens is 186 g/mol. The number of hydrogen-bond donors (Lipinski definition) is 1. The van der Waals surface area contributed by atoms with Gasteiger partial charge in [-0.3, -0.25) is 0 Å². The fourth-order valence-corrected chi connectivity index (χ4v) is 2.18. The highest BCUT2D eigenvalue weighted by molar-refractivity contribution is 5.56. The Hall–Kier alpha value is -1.02. The van der Waals surface area contributed by atoms with Crippen LogP contribution in [-0.2, 0) is 0 Å². The molecule has 0 radical (unpaired) electrons. The number of anilines is 1. The third-order valence-corrected chi connectivity index (χ3v) is 3.38. The Morgan fingerprint density at radius 1 is 1.20 bits per heavy atom. The molecule has 15 heavy (non-hydrogen) atoms. The Labute approximate surface area is 91.5 Å². The van der Waals surface area contributed by atoms with Gasteiger partial charge in [0.15, 0.2) is 0 Å². The largest absolute Gasteiger partial charge is 0.393 e. The van der Waals surface area contributed by atoms with Gasteiger partial charge >= 0.3 is 0 Å². The van der Waals surface area contributed by atoms with Crippen molar-refractivity contribution < 1.29 is 5.11 Å². The van der Waals surface area contributed by atoms with E-state index in [9.17, 15) is 5.11 Å². The molecule has 1 aromatic carbocycles. The molecule has 1 heterocycles. The number of nitrogens with zero attached hydrogens (tertiary/aromatic N) is 1. The van der Waals surface area contributed by atoms with E-state index in [-0.39, 0.29) is 6.10 Å². The summed E-state index contributed by atoms with van der Waals surface area (Å²) in [5.41, 5.74) is 4.05. The summed E-state index contributed by atoms with van der Waals surface area (Å²) < 4.78 is 0. The summed E-state index contributed by atoms with van der Waals surface area (Å²) in [6.45, 7) is 6.28. The number of aryl methyl sites for hydroxylation is 1. The maximum absolute atomic E-state index is 9.47. The van der Waals surface area contributed by atoms with Crippen molar-refractivity contribution in [1.82, 2.24) is 0 Å². The monoisotopic (exact) mass is 205 g/mol. The van der Waals surface area contributed by atoms with Crippen molar-refractivity contribution in [3.05, 3.63) is 29.3 Å². The van der Waals surface area contributed by atoms with Crippen LogP contribution in [0.4, 0.5) is 5.69 Å². The van der Waals surface area contributed by atoms with Crippen LogP contribution in [0.2, 0.25) is 0 Å². The van der Waals surface area contributed by atoms with Gasteiger partial charge in [-0.2, -0.15) is 0 Å². The van der Waals surface area contributed by atoms with Crippen molar-refractivity contribution in [1.29, 1.82) is 0 Å². The molecule has 2 heteroatoms. The lowest BCUT2D eigenvalue weighted by Crippen LogP contribution is -2.36. The minimum absolute atomic E-state index is 0.0913. The van der Waals surface area contributed by atoms with E-state index >= 15 is 0 Å². The summed E-state index contributed by atoms with van der Waals surface area (Å²) in [5, 5.41) is 9.47. The number of aliphatic hydroxyl groups is 1. The molecule has 0 aromatic heterocycles. The third-order valence-electron chi connectivity index (χ3n) is 3.38. The number of aliphatic hydroxyl groups excluding tert-OH is 1. The third kappa shape index (κ3) is 2.15. The van der Waals surface area contributed by atoms with Gasteiger partial charge in [0.2, 0.25) is 0 Å². The van der Waals surface area contributed by atoms with E-state index in [1.54, 1.807) is 0 Å². The van der Waals surface area contributed by atoms with Crippen LogP contribution in [0, 0.1) is 13.8 Å². The molecule has 0 atom stereocenters. The van der Waals surface area contributed by atoms with Crippen LogP contribution in [0.5, 0.6) is 0 Å². The van der Waals surface area contributed by atoms with Crippen LogP contribution in [0.15, 0.2) is 18.2 Å². The number of benzene rings is 1. The summed E-state index contributed by atoms with van der Waals surface area (Å²) in [6, 6.07) is 6.44. The zero-order valence-electron chi connectivity index (χ0n) is 9.53.